The van der Waals surface area contributed by atoms with Crippen LogP contribution in [0.1, 0.15) is 19.3 Å². The van der Waals surface area contributed by atoms with Gasteiger partial charge < -0.3 is 14.4 Å². The van der Waals surface area contributed by atoms with Gasteiger partial charge in [-0.1, -0.05) is 0 Å². The van der Waals surface area contributed by atoms with Crippen molar-refractivity contribution in [3.8, 4) is 5.75 Å². The number of rotatable bonds is 3. The van der Waals surface area contributed by atoms with Crippen LogP contribution in [0.3, 0.4) is 0 Å². The second-order valence-electron chi connectivity index (χ2n) is 5.51. The fourth-order valence-electron chi connectivity index (χ4n) is 2.86. The van der Waals surface area contributed by atoms with E-state index in [1.165, 1.54) is 0 Å². The molecule has 2 saturated heterocycles. The van der Waals surface area contributed by atoms with Crippen LogP contribution >= 0.6 is 15.9 Å². The summed E-state index contributed by atoms with van der Waals surface area (Å²) >= 11 is 3.43. The zero-order valence-electron chi connectivity index (χ0n) is 11.8. The molecule has 1 unspecified atom stereocenters. The Morgan fingerprint density at radius 1 is 1.38 bits per heavy atom. The van der Waals surface area contributed by atoms with Crippen LogP contribution in [0.25, 0.3) is 0 Å². The van der Waals surface area contributed by atoms with E-state index in [-0.39, 0.29) is 17.9 Å². The number of carbonyl (C=O) groups excluding carboxylic acids is 1. The molecule has 0 radical (unpaired) electrons. The zero-order chi connectivity index (χ0) is 14.7. The van der Waals surface area contributed by atoms with Gasteiger partial charge in [-0.25, -0.2) is 0 Å². The Kier molecular flexibility index (Phi) is 4.75. The SMILES string of the molecule is O=C(C1CCOCC1)N1CCC(Oc2ccncc2Br)C1. The Balaban J connectivity index is 1.55. The normalized spacial score (nSPS) is 23.3. The number of carbonyl (C=O) groups is 1. The molecule has 21 heavy (non-hydrogen) atoms. The molecule has 6 heteroatoms. The Hall–Kier alpha value is -1.14. The molecule has 5 nitrogen and oxygen atoms in total. The largest absolute Gasteiger partial charge is 0.487 e. The van der Waals surface area contributed by atoms with Crippen molar-refractivity contribution >= 4 is 21.8 Å². The van der Waals surface area contributed by atoms with Crippen LogP contribution in [0.2, 0.25) is 0 Å². The maximum Gasteiger partial charge on any atom is 0.225 e. The first-order valence-corrected chi connectivity index (χ1v) is 8.16. The van der Waals surface area contributed by atoms with Gasteiger partial charge in [0.25, 0.3) is 0 Å². The van der Waals surface area contributed by atoms with E-state index >= 15 is 0 Å². The lowest BCUT2D eigenvalue weighted by Gasteiger charge is -2.26. The highest BCUT2D eigenvalue weighted by atomic mass is 79.9. The van der Waals surface area contributed by atoms with Crippen LogP contribution in [-0.2, 0) is 9.53 Å². The molecule has 0 bridgehead atoms. The van der Waals surface area contributed by atoms with Gasteiger partial charge in [-0.3, -0.25) is 9.78 Å². The number of ether oxygens (including phenoxy) is 2. The van der Waals surface area contributed by atoms with E-state index in [0.717, 1.165) is 36.0 Å². The lowest BCUT2D eigenvalue weighted by atomic mass is 9.99. The summed E-state index contributed by atoms with van der Waals surface area (Å²) in [5, 5.41) is 0. The minimum absolute atomic E-state index is 0.0625. The van der Waals surface area contributed by atoms with Crippen LogP contribution in [0.15, 0.2) is 22.9 Å². The maximum absolute atomic E-state index is 12.5. The van der Waals surface area contributed by atoms with E-state index in [1.54, 1.807) is 12.4 Å². The van der Waals surface area contributed by atoms with Crippen molar-refractivity contribution in [3.05, 3.63) is 22.9 Å². The van der Waals surface area contributed by atoms with Gasteiger partial charge in [-0.15, -0.1) is 0 Å². The number of likely N-dealkylation sites (tertiary alicyclic amines) is 1. The fraction of sp³-hybridized carbons (Fsp3) is 0.600. The number of amides is 1. The molecule has 0 spiro atoms. The number of aromatic nitrogens is 1. The van der Waals surface area contributed by atoms with Gasteiger partial charge in [-0.2, -0.15) is 0 Å². The number of pyridine rings is 1. The molecule has 0 aromatic carbocycles. The molecule has 0 aliphatic carbocycles. The van der Waals surface area contributed by atoms with E-state index in [1.807, 2.05) is 11.0 Å². The summed E-state index contributed by atoms with van der Waals surface area (Å²) in [5.74, 6) is 1.18. The van der Waals surface area contributed by atoms with Gasteiger partial charge in [0.1, 0.15) is 11.9 Å². The molecule has 1 aromatic heterocycles. The first-order chi connectivity index (χ1) is 10.2. The monoisotopic (exact) mass is 354 g/mol. The van der Waals surface area contributed by atoms with Crippen molar-refractivity contribution in [2.75, 3.05) is 26.3 Å². The van der Waals surface area contributed by atoms with Crippen LogP contribution in [0.4, 0.5) is 0 Å². The summed E-state index contributed by atoms with van der Waals surface area (Å²) in [7, 11) is 0. The predicted molar refractivity (Wildman–Crippen MR) is 81.1 cm³/mol. The molecule has 114 valence electrons. The van der Waals surface area contributed by atoms with Gasteiger partial charge in [0.15, 0.2) is 0 Å². The number of halogens is 1. The van der Waals surface area contributed by atoms with E-state index in [0.29, 0.717) is 19.8 Å². The van der Waals surface area contributed by atoms with E-state index in [9.17, 15) is 4.79 Å². The third-order valence-corrected chi connectivity index (χ3v) is 4.65. The third kappa shape index (κ3) is 3.55. The Morgan fingerprint density at radius 2 is 2.19 bits per heavy atom. The van der Waals surface area contributed by atoms with Crippen molar-refractivity contribution in [2.24, 2.45) is 5.92 Å². The molecule has 3 heterocycles. The van der Waals surface area contributed by atoms with Gasteiger partial charge >= 0.3 is 0 Å². The molecule has 2 aliphatic rings. The van der Waals surface area contributed by atoms with E-state index in [4.69, 9.17) is 9.47 Å². The molecule has 2 aliphatic heterocycles. The average molecular weight is 355 g/mol. The predicted octanol–water partition coefficient (Wildman–Crippen LogP) is 2.25. The number of hydrogen-bond acceptors (Lipinski definition) is 4. The Labute approximate surface area is 132 Å². The number of hydrogen-bond donors (Lipinski definition) is 0. The van der Waals surface area contributed by atoms with Gasteiger partial charge in [0, 0.05) is 44.5 Å². The summed E-state index contributed by atoms with van der Waals surface area (Å²) in [4.78, 5) is 18.4. The minimum Gasteiger partial charge on any atom is -0.487 e. The summed E-state index contributed by atoms with van der Waals surface area (Å²) in [5.41, 5.74) is 0. The second-order valence-corrected chi connectivity index (χ2v) is 6.36. The molecular formula is C15H19BrN2O3. The summed E-state index contributed by atoms with van der Waals surface area (Å²) in [6.07, 6.45) is 6.06. The topological polar surface area (TPSA) is 51.7 Å². The number of nitrogens with zero attached hydrogens (tertiary/aromatic N) is 2. The lowest BCUT2D eigenvalue weighted by Crippen LogP contribution is -2.38. The average Bonchev–Trinajstić information content (AvgIpc) is 2.98. The summed E-state index contributed by atoms with van der Waals surface area (Å²) in [6.45, 7) is 2.86. The highest BCUT2D eigenvalue weighted by molar-refractivity contribution is 9.10. The van der Waals surface area contributed by atoms with Crippen molar-refractivity contribution in [2.45, 2.75) is 25.4 Å². The Bertz CT molecular complexity index is 505. The molecule has 0 saturated carbocycles. The smallest absolute Gasteiger partial charge is 0.225 e. The minimum atomic E-state index is 0.0625. The molecule has 3 rings (SSSR count). The molecule has 1 aromatic rings. The Morgan fingerprint density at radius 3 is 2.95 bits per heavy atom. The molecule has 0 N–H and O–H groups in total. The highest BCUT2D eigenvalue weighted by Crippen LogP contribution is 2.27. The van der Waals surface area contributed by atoms with E-state index < -0.39 is 0 Å². The van der Waals surface area contributed by atoms with Gasteiger partial charge in [0.05, 0.1) is 11.0 Å². The maximum atomic E-state index is 12.5. The molecule has 1 amide bonds. The van der Waals surface area contributed by atoms with Crippen molar-refractivity contribution in [1.29, 1.82) is 0 Å². The van der Waals surface area contributed by atoms with Crippen LogP contribution < -0.4 is 4.74 Å². The van der Waals surface area contributed by atoms with Gasteiger partial charge in [0.2, 0.25) is 5.91 Å². The second kappa shape index (κ2) is 6.75. The lowest BCUT2D eigenvalue weighted by molar-refractivity contribution is -0.137. The van der Waals surface area contributed by atoms with Gasteiger partial charge in [-0.05, 0) is 34.8 Å². The van der Waals surface area contributed by atoms with Crippen LogP contribution in [-0.4, -0.2) is 48.2 Å². The first kappa shape index (κ1) is 14.8. The van der Waals surface area contributed by atoms with Crippen molar-refractivity contribution < 1.29 is 14.3 Å². The van der Waals surface area contributed by atoms with Crippen molar-refractivity contribution in [3.63, 3.8) is 0 Å². The summed E-state index contributed by atoms with van der Waals surface area (Å²) in [6, 6.07) is 1.84. The fourth-order valence-corrected chi connectivity index (χ4v) is 3.21. The quantitative estimate of drug-likeness (QED) is 0.835. The molecule has 2 fully saturated rings. The van der Waals surface area contributed by atoms with Crippen molar-refractivity contribution in [1.82, 2.24) is 9.88 Å². The molecule has 1 atom stereocenters. The zero-order valence-corrected chi connectivity index (χ0v) is 13.4. The summed E-state index contributed by atoms with van der Waals surface area (Å²) < 4.78 is 12.1. The van der Waals surface area contributed by atoms with Crippen LogP contribution in [0.5, 0.6) is 5.75 Å². The standard InChI is InChI=1S/C15H19BrN2O3/c16-13-9-17-5-1-14(13)21-12-2-6-18(10-12)15(19)11-3-7-20-8-4-11/h1,5,9,11-12H,2-4,6-8,10H2. The third-order valence-electron chi connectivity index (χ3n) is 4.06. The highest BCUT2D eigenvalue weighted by Gasteiger charge is 2.32. The van der Waals surface area contributed by atoms with Crippen LogP contribution in [0, 0.1) is 5.92 Å². The first-order valence-electron chi connectivity index (χ1n) is 7.37. The van der Waals surface area contributed by atoms with E-state index in [2.05, 4.69) is 20.9 Å². The molecular weight excluding hydrogens is 336 g/mol.